The van der Waals surface area contributed by atoms with Crippen molar-refractivity contribution in [3.8, 4) is 66.8 Å². The maximum absolute atomic E-state index is 2.45. The summed E-state index contributed by atoms with van der Waals surface area (Å²) in [6, 6.07) is 66.9. The van der Waals surface area contributed by atoms with Crippen molar-refractivity contribution in [3.05, 3.63) is 193 Å². The van der Waals surface area contributed by atoms with Crippen molar-refractivity contribution in [2.24, 2.45) is 0 Å². The summed E-state index contributed by atoms with van der Waals surface area (Å²) >= 11 is 0. The average Bonchev–Trinajstić information content (AvgIpc) is 3.40. The van der Waals surface area contributed by atoms with Crippen LogP contribution in [0.3, 0.4) is 0 Å². The van der Waals surface area contributed by atoms with E-state index in [1.807, 2.05) is 0 Å². The topological polar surface area (TPSA) is 0 Å². The van der Waals surface area contributed by atoms with Crippen LogP contribution in [0.25, 0.3) is 77.5 Å². The molecule has 49 heavy (non-hydrogen) atoms. The molecule has 0 spiro atoms. The molecule has 8 aromatic rings. The largest absolute Gasteiger partial charge is 0.0622 e. The zero-order valence-electron chi connectivity index (χ0n) is 27.8. The molecule has 232 valence electrons. The highest BCUT2D eigenvalue weighted by Crippen LogP contribution is 2.51. The highest BCUT2D eigenvalue weighted by molar-refractivity contribution is 5.97. The molecule has 0 saturated heterocycles. The SMILES string of the molecule is CC1(C)c2cc(-c3cc(-c4ccccc4)cc(-c4ccccc4)c3)ccc2-c2ccc(-c3cc4ccccc4cc3-c3ccccc3)cc21. The number of rotatable bonds is 5. The zero-order chi connectivity index (χ0) is 33.0. The first-order chi connectivity index (χ1) is 24.0. The Kier molecular flexibility index (Phi) is 6.92. The summed E-state index contributed by atoms with van der Waals surface area (Å²) in [5.41, 5.74) is 17.7. The fourth-order valence-corrected chi connectivity index (χ4v) is 7.81. The van der Waals surface area contributed by atoms with E-state index >= 15 is 0 Å². The predicted octanol–water partition coefficient (Wildman–Crippen LogP) is 13.5. The van der Waals surface area contributed by atoms with E-state index in [0.29, 0.717) is 0 Å². The van der Waals surface area contributed by atoms with Crippen molar-refractivity contribution in [3.63, 3.8) is 0 Å². The van der Waals surface area contributed by atoms with E-state index in [4.69, 9.17) is 0 Å². The standard InChI is InChI=1S/C49H36/c1-49(2)47-31-38(42-27-40(33-14-6-3-7-15-33)26-41(28-42)34-16-8-4-9-17-34)22-24-43(47)44-25-23-39(32-48(44)49)46-30-37-21-13-12-20-36(37)29-45(46)35-18-10-5-11-19-35/h3-32H,1-2H3. The second-order valence-corrected chi connectivity index (χ2v) is 13.8. The van der Waals surface area contributed by atoms with Crippen molar-refractivity contribution < 1.29 is 0 Å². The van der Waals surface area contributed by atoms with E-state index in [9.17, 15) is 0 Å². The Morgan fingerprint density at radius 3 is 1.16 bits per heavy atom. The lowest BCUT2D eigenvalue weighted by Gasteiger charge is -2.23. The maximum atomic E-state index is 2.45. The van der Waals surface area contributed by atoms with Crippen molar-refractivity contribution in [2.75, 3.05) is 0 Å². The maximum Gasteiger partial charge on any atom is 0.0159 e. The lowest BCUT2D eigenvalue weighted by atomic mass is 9.80. The molecule has 0 atom stereocenters. The summed E-state index contributed by atoms with van der Waals surface area (Å²) in [4.78, 5) is 0. The molecule has 0 aliphatic heterocycles. The molecule has 1 aliphatic carbocycles. The van der Waals surface area contributed by atoms with E-state index in [-0.39, 0.29) is 5.41 Å². The fourth-order valence-electron chi connectivity index (χ4n) is 7.81. The van der Waals surface area contributed by atoms with Gasteiger partial charge in [-0.1, -0.05) is 153 Å². The van der Waals surface area contributed by atoms with Crippen molar-refractivity contribution >= 4 is 10.8 Å². The van der Waals surface area contributed by atoms with E-state index in [1.54, 1.807) is 0 Å². The number of hydrogen-bond donors (Lipinski definition) is 0. The van der Waals surface area contributed by atoms with E-state index in [0.717, 1.165) is 0 Å². The predicted molar refractivity (Wildman–Crippen MR) is 209 cm³/mol. The van der Waals surface area contributed by atoms with Gasteiger partial charge in [-0.15, -0.1) is 0 Å². The molecule has 0 amide bonds. The Hall–Kier alpha value is -5.98. The second-order valence-electron chi connectivity index (χ2n) is 13.8. The normalized spacial score (nSPS) is 12.9. The van der Waals surface area contributed by atoms with E-state index in [2.05, 4.69) is 196 Å². The first-order valence-corrected chi connectivity index (χ1v) is 17.2. The van der Waals surface area contributed by atoms with Crippen LogP contribution in [0, 0.1) is 0 Å². The van der Waals surface area contributed by atoms with Crippen LogP contribution < -0.4 is 0 Å². The number of fused-ring (bicyclic) bond motifs is 4. The van der Waals surface area contributed by atoms with Gasteiger partial charge in [0.2, 0.25) is 0 Å². The first-order valence-electron chi connectivity index (χ1n) is 17.2. The van der Waals surface area contributed by atoms with Crippen LogP contribution in [0.1, 0.15) is 25.0 Å². The Morgan fingerprint density at radius 2 is 0.653 bits per heavy atom. The third kappa shape index (κ3) is 5.09. The molecule has 0 heteroatoms. The molecule has 0 bridgehead atoms. The van der Waals surface area contributed by atoms with Crippen molar-refractivity contribution in [1.82, 2.24) is 0 Å². The van der Waals surface area contributed by atoms with Crippen LogP contribution in [-0.4, -0.2) is 0 Å². The summed E-state index contributed by atoms with van der Waals surface area (Å²) in [6.07, 6.45) is 0. The zero-order valence-corrected chi connectivity index (χ0v) is 27.8. The minimum Gasteiger partial charge on any atom is -0.0622 e. The first kappa shape index (κ1) is 29.2. The van der Waals surface area contributed by atoms with Gasteiger partial charge >= 0.3 is 0 Å². The van der Waals surface area contributed by atoms with E-state index in [1.165, 1.54) is 88.7 Å². The smallest absolute Gasteiger partial charge is 0.0159 e. The Bertz CT molecular complexity index is 2430. The summed E-state index contributed by atoms with van der Waals surface area (Å²) in [5, 5.41) is 2.52. The van der Waals surface area contributed by atoms with E-state index < -0.39 is 0 Å². The molecule has 0 fully saturated rings. The fraction of sp³-hybridized carbons (Fsp3) is 0.0612. The number of benzene rings is 8. The molecular weight excluding hydrogens is 589 g/mol. The minimum atomic E-state index is -0.153. The molecule has 0 aromatic heterocycles. The third-order valence-electron chi connectivity index (χ3n) is 10.4. The van der Waals surface area contributed by atoms with Crippen LogP contribution in [0.15, 0.2) is 182 Å². The summed E-state index contributed by atoms with van der Waals surface area (Å²) in [6.45, 7) is 4.78. The lowest BCUT2D eigenvalue weighted by molar-refractivity contribution is 0.661. The van der Waals surface area contributed by atoms with Gasteiger partial charge in [0.05, 0.1) is 0 Å². The van der Waals surface area contributed by atoms with Gasteiger partial charge in [0, 0.05) is 5.41 Å². The van der Waals surface area contributed by atoms with Crippen LogP contribution >= 0.6 is 0 Å². The van der Waals surface area contributed by atoms with Crippen LogP contribution in [0.2, 0.25) is 0 Å². The van der Waals surface area contributed by atoms with Gasteiger partial charge in [-0.05, 0) is 131 Å². The quantitative estimate of drug-likeness (QED) is 0.179. The monoisotopic (exact) mass is 624 g/mol. The average molecular weight is 625 g/mol. The third-order valence-corrected chi connectivity index (χ3v) is 10.4. The Morgan fingerprint density at radius 1 is 0.265 bits per heavy atom. The summed E-state index contributed by atoms with van der Waals surface area (Å²) < 4.78 is 0. The van der Waals surface area contributed by atoms with Crippen LogP contribution in [0.4, 0.5) is 0 Å². The second kappa shape index (κ2) is 11.6. The highest BCUT2D eigenvalue weighted by Gasteiger charge is 2.36. The summed E-state index contributed by atoms with van der Waals surface area (Å²) in [5.74, 6) is 0. The van der Waals surface area contributed by atoms with Crippen molar-refractivity contribution in [1.29, 1.82) is 0 Å². The van der Waals surface area contributed by atoms with Gasteiger partial charge in [-0.25, -0.2) is 0 Å². The minimum absolute atomic E-state index is 0.153. The molecule has 0 N–H and O–H groups in total. The molecule has 0 saturated carbocycles. The molecule has 8 aromatic carbocycles. The van der Waals surface area contributed by atoms with Crippen LogP contribution in [-0.2, 0) is 5.41 Å². The molecule has 1 aliphatic rings. The Balaban J connectivity index is 1.16. The van der Waals surface area contributed by atoms with Gasteiger partial charge in [-0.3, -0.25) is 0 Å². The highest BCUT2D eigenvalue weighted by atomic mass is 14.4. The summed E-state index contributed by atoms with van der Waals surface area (Å²) in [7, 11) is 0. The molecule has 0 nitrogen and oxygen atoms in total. The number of hydrogen-bond acceptors (Lipinski definition) is 0. The van der Waals surface area contributed by atoms with Gasteiger partial charge < -0.3 is 0 Å². The molecule has 0 unspecified atom stereocenters. The van der Waals surface area contributed by atoms with Gasteiger partial charge in [0.15, 0.2) is 0 Å². The van der Waals surface area contributed by atoms with Gasteiger partial charge in [-0.2, -0.15) is 0 Å². The molecule has 9 rings (SSSR count). The lowest BCUT2D eigenvalue weighted by Crippen LogP contribution is -2.15. The van der Waals surface area contributed by atoms with Gasteiger partial charge in [0.25, 0.3) is 0 Å². The van der Waals surface area contributed by atoms with Gasteiger partial charge in [0.1, 0.15) is 0 Å². The molecule has 0 radical (unpaired) electrons. The van der Waals surface area contributed by atoms with Crippen LogP contribution in [0.5, 0.6) is 0 Å². The Labute approximate surface area is 289 Å². The molecule has 0 heterocycles. The van der Waals surface area contributed by atoms with Crippen molar-refractivity contribution in [2.45, 2.75) is 19.3 Å². The molecular formula is C49H36.